The number of carbonyl (C=O) groups excluding carboxylic acids is 2. The summed E-state index contributed by atoms with van der Waals surface area (Å²) < 4.78 is 7.48. The van der Waals surface area contributed by atoms with E-state index in [0.717, 1.165) is 24.8 Å². The van der Waals surface area contributed by atoms with E-state index in [1.165, 1.54) is 25.2 Å². The number of imide groups is 1. The molecule has 1 aliphatic heterocycles. The summed E-state index contributed by atoms with van der Waals surface area (Å²) in [5, 5.41) is 13.9. The van der Waals surface area contributed by atoms with Gasteiger partial charge in [0, 0.05) is 20.1 Å². The lowest BCUT2D eigenvalue weighted by Crippen LogP contribution is -2.40. The minimum absolute atomic E-state index is 0.0660. The first-order valence-corrected chi connectivity index (χ1v) is 10.3. The molecule has 0 unspecified atom stereocenters. The Morgan fingerprint density at radius 2 is 2.04 bits per heavy atom. The van der Waals surface area contributed by atoms with Gasteiger partial charge in [-0.05, 0) is 30.4 Å². The highest BCUT2D eigenvalue weighted by atomic mass is 32.2. The number of rotatable bonds is 6. The van der Waals surface area contributed by atoms with Crippen molar-refractivity contribution in [3.05, 3.63) is 24.2 Å². The predicted molar refractivity (Wildman–Crippen MR) is 106 cm³/mol. The Morgan fingerprint density at radius 1 is 1.29 bits per heavy atom. The SMILES string of the molecule is CNC(=O)NC(=O)CSc1nnc(N2C[C@H](C)C[C@H](C)C2)n1Cc1ccco1. The summed E-state index contributed by atoms with van der Waals surface area (Å²) >= 11 is 1.24. The van der Waals surface area contributed by atoms with Gasteiger partial charge in [-0.3, -0.25) is 14.7 Å². The van der Waals surface area contributed by atoms with E-state index in [1.807, 2.05) is 16.7 Å². The summed E-state index contributed by atoms with van der Waals surface area (Å²) in [7, 11) is 1.46. The highest BCUT2D eigenvalue weighted by Crippen LogP contribution is 2.28. The normalized spacial score (nSPS) is 19.5. The molecular formula is C18H26N6O3S. The second-order valence-corrected chi connectivity index (χ2v) is 8.16. The van der Waals surface area contributed by atoms with E-state index in [-0.39, 0.29) is 5.75 Å². The van der Waals surface area contributed by atoms with E-state index in [4.69, 9.17) is 4.42 Å². The molecule has 1 fully saturated rings. The molecule has 0 radical (unpaired) electrons. The minimum Gasteiger partial charge on any atom is -0.467 e. The molecule has 9 nitrogen and oxygen atoms in total. The zero-order valence-corrected chi connectivity index (χ0v) is 17.2. The van der Waals surface area contributed by atoms with Crippen LogP contribution >= 0.6 is 11.8 Å². The maximum absolute atomic E-state index is 11.9. The molecule has 10 heteroatoms. The Bertz CT molecular complexity index is 796. The third kappa shape index (κ3) is 5.06. The number of amides is 3. The Labute approximate surface area is 168 Å². The largest absolute Gasteiger partial charge is 0.467 e. The maximum atomic E-state index is 11.9. The summed E-state index contributed by atoms with van der Waals surface area (Å²) in [4.78, 5) is 25.5. The molecule has 3 heterocycles. The molecule has 2 N–H and O–H groups in total. The number of piperidine rings is 1. The summed E-state index contributed by atoms with van der Waals surface area (Å²) in [6, 6.07) is 3.21. The van der Waals surface area contributed by atoms with Gasteiger partial charge >= 0.3 is 6.03 Å². The second kappa shape index (κ2) is 9.13. The number of thioether (sulfide) groups is 1. The fourth-order valence-electron chi connectivity index (χ4n) is 3.50. The lowest BCUT2D eigenvalue weighted by molar-refractivity contribution is -0.117. The fourth-order valence-corrected chi connectivity index (χ4v) is 4.23. The van der Waals surface area contributed by atoms with E-state index in [2.05, 4.69) is 39.6 Å². The van der Waals surface area contributed by atoms with Crippen molar-refractivity contribution in [1.29, 1.82) is 0 Å². The zero-order valence-electron chi connectivity index (χ0n) is 16.3. The first kappa shape index (κ1) is 20.2. The molecule has 0 aliphatic carbocycles. The third-order valence-electron chi connectivity index (χ3n) is 4.56. The number of nitrogens with one attached hydrogen (secondary N) is 2. The van der Waals surface area contributed by atoms with Crippen LogP contribution in [0.2, 0.25) is 0 Å². The van der Waals surface area contributed by atoms with E-state index >= 15 is 0 Å². The summed E-state index contributed by atoms with van der Waals surface area (Å²) in [6.45, 7) is 6.81. The van der Waals surface area contributed by atoms with E-state index in [0.29, 0.717) is 23.5 Å². The molecule has 1 aliphatic rings. The van der Waals surface area contributed by atoms with E-state index in [9.17, 15) is 9.59 Å². The van der Waals surface area contributed by atoms with Crippen molar-refractivity contribution in [2.75, 3.05) is 30.8 Å². The molecule has 2 aromatic rings. The standard InChI is InChI=1S/C18H26N6O3S/c1-12-7-13(2)9-23(8-12)17-21-22-18(24(17)10-14-5-4-6-27-14)28-11-15(25)20-16(26)19-3/h4-6,12-13H,7-11H2,1-3H3,(H2,19,20,25,26)/t12-,13+. The van der Waals surface area contributed by atoms with Gasteiger partial charge in [0.15, 0.2) is 5.16 Å². The van der Waals surface area contributed by atoms with Crippen molar-refractivity contribution in [2.45, 2.75) is 32.0 Å². The number of urea groups is 1. The van der Waals surface area contributed by atoms with Crippen LogP contribution in [0.1, 0.15) is 26.0 Å². The van der Waals surface area contributed by atoms with Crippen LogP contribution in [0.3, 0.4) is 0 Å². The summed E-state index contributed by atoms with van der Waals surface area (Å²) in [5.41, 5.74) is 0. The topological polar surface area (TPSA) is 105 Å². The van der Waals surface area contributed by atoms with Crippen molar-refractivity contribution in [2.24, 2.45) is 11.8 Å². The quantitative estimate of drug-likeness (QED) is 0.706. The van der Waals surface area contributed by atoms with Crippen LogP contribution in [0.15, 0.2) is 28.0 Å². The molecule has 1 saturated heterocycles. The smallest absolute Gasteiger partial charge is 0.321 e. The van der Waals surface area contributed by atoms with Crippen molar-refractivity contribution in [3.8, 4) is 0 Å². The van der Waals surface area contributed by atoms with Gasteiger partial charge in [0.25, 0.3) is 0 Å². The average molecular weight is 407 g/mol. The van der Waals surface area contributed by atoms with Crippen LogP contribution in [0.25, 0.3) is 0 Å². The first-order valence-electron chi connectivity index (χ1n) is 9.31. The highest BCUT2D eigenvalue weighted by Gasteiger charge is 2.27. The lowest BCUT2D eigenvalue weighted by atomic mass is 9.92. The molecule has 0 saturated carbocycles. The van der Waals surface area contributed by atoms with Crippen molar-refractivity contribution in [3.63, 3.8) is 0 Å². The molecule has 0 bridgehead atoms. The van der Waals surface area contributed by atoms with Crippen LogP contribution in [-0.4, -0.2) is 52.6 Å². The molecular weight excluding hydrogens is 380 g/mol. The third-order valence-corrected chi connectivity index (χ3v) is 5.52. The molecule has 28 heavy (non-hydrogen) atoms. The number of furan rings is 1. The van der Waals surface area contributed by atoms with Gasteiger partial charge in [-0.15, -0.1) is 10.2 Å². The van der Waals surface area contributed by atoms with Gasteiger partial charge in [-0.25, -0.2) is 4.79 Å². The van der Waals surface area contributed by atoms with E-state index in [1.54, 1.807) is 6.26 Å². The van der Waals surface area contributed by atoms with Gasteiger partial charge in [-0.2, -0.15) is 0 Å². The average Bonchev–Trinajstić information content (AvgIpc) is 3.29. The molecule has 3 rings (SSSR count). The van der Waals surface area contributed by atoms with Gasteiger partial charge in [0.1, 0.15) is 5.76 Å². The molecule has 152 valence electrons. The highest BCUT2D eigenvalue weighted by molar-refractivity contribution is 7.99. The van der Waals surface area contributed by atoms with Crippen molar-refractivity contribution < 1.29 is 14.0 Å². The number of aromatic nitrogens is 3. The number of carbonyl (C=O) groups is 2. The maximum Gasteiger partial charge on any atom is 0.321 e. The lowest BCUT2D eigenvalue weighted by Gasteiger charge is -2.35. The van der Waals surface area contributed by atoms with Gasteiger partial charge in [0.2, 0.25) is 11.9 Å². The van der Waals surface area contributed by atoms with Crippen molar-refractivity contribution >= 4 is 29.6 Å². The van der Waals surface area contributed by atoms with Gasteiger partial charge in [-0.1, -0.05) is 25.6 Å². The Morgan fingerprint density at radius 3 is 2.68 bits per heavy atom. The molecule has 2 aromatic heterocycles. The van der Waals surface area contributed by atoms with Gasteiger partial charge < -0.3 is 14.6 Å². The fraction of sp³-hybridized carbons (Fsp3) is 0.556. The first-order chi connectivity index (χ1) is 13.5. The second-order valence-electron chi connectivity index (χ2n) is 7.22. The van der Waals surface area contributed by atoms with Gasteiger partial charge in [0.05, 0.1) is 18.6 Å². The molecule has 0 spiro atoms. The molecule has 3 amide bonds. The Hall–Kier alpha value is -2.49. The number of nitrogens with zero attached hydrogens (tertiary/aromatic N) is 4. The number of anilines is 1. The van der Waals surface area contributed by atoms with Crippen LogP contribution in [0.5, 0.6) is 0 Å². The molecule has 0 aromatic carbocycles. The number of hydrogen-bond acceptors (Lipinski definition) is 7. The van der Waals surface area contributed by atoms with Crippen LogP contribution in [-0.2, 0) is 11.3 Å². The summed E-state index contributed by atoms with van der Waals surface area (Å²) in [6.07, 6.45) is 2.83. The van der Waals surface area contributed by atoms with Crippen molar-refractivity contribution in [1.82, 2.24) is 25.4 Å². The Kier molecular flexibility index (Phi) is 6.61. The Balaban J connectivity index is 1.78. The monoisotopic (exact) mass is 406 g/mol. The van der Waals surface area contributed by atoms with Crippen LogP contribution in [0, 0.1) is 11.8 Å². The molecule has 2 atom stereocenters. The minimum atomic E-state index is -0.528. The van der Waals surface area contributed by atoms with Crippen LogP contribution in [0.4, 0.5) is 10.7 Å². The summed E-state index contributed by atoms with van der Waals surface area (Å²) in [5.74, 6) is 2.40. The van der Waals surface area contributed by atoms with Crippen LogP contribution < -0.4 is 15.5 Å². The zero-order chi connectivity index (χ0) is 20.1. The predicted octanol–water partition coefficient (Wildman–Crippen LogP) is 1.95. The van der Waals surface area contributed by atoms with E-state index < -0.39 is 11.9 Å². The number of hydrogen-bond donors (Lipinski definition) is 2.